The molecule has 0 aromatic carbocycles. The van der Waals surface area contributed by atoms with Crippen LogP contribution in [0.3, 0.4) is 0 Å². The first kappa shape index (κ1) is 17.3. The predicted molar refractivity (Wildman–Crippen MR) is 69.0 cm³/mol. The third-order valence-corrected chi connectivity index (χ3v) is 4.26. The Bertz CT molecular complexity index is 360. The zero-order valence-corrected chi connectivity index (χ0v) is 12.2. The van der Waals surface area contributed by atoms with Crippen LogP contribution in [0.5, 0.6) is 0 Å². The van der Waals surface area contributed by atoms with E-state index in [9.17, 15) is 13.2 Å². The molecule has 1 unspecified atom stereocenters. The molecule has 0 saturated carbocycles. The first-order valence-electron chi connectivity index (χ1n) is 5.88. The second kappa shape index (κ2) is 7.06. The quantitative estimate of drug-likeness (QED) is 0.657. The van der Waals surface area contributed by atoms with Gasteiger partial charge in [-0.15, -0.1) is 0 Å². The van der Waals surface area contributed by atoms with Gasteiger partial charge in [0.25, 0.3) is 0 Å². The monoisotopic (exact) mass is 281 g/mol. The molecule has 108 valence electrons. The van der Waals surface area contributed by atoms with Gasteiger partial charge in [0.1, 0.15) is 0 Å². The number of hydrogen-bond donors (Lipinski definition) is 2. The summed E-state index contributed by atoms with van der Waals surface area (Å²) in [6, 6.07) is 0. The topological polar surface area (TPSA) is 92.7 Å². The molecular weight excluding hydrogens is 258 g/mol. The normalized spacial score (nSPS) is 14.4. The van der Waals surface area contributed by atoms with Gasteiger partial charge >= 0.3 is 5.97 Å². The number of ether oxygens (including phenoxy) is 1. The van der Waals surface area contributed by atoms with Crippen LogP contribution in [0, 0.1) is 0 Å². The Morgan fingerprint density at radius 1 is 1.44 bits per heavy atom. The second-order valence-electron chi connectivity index (χ2n) is 4.93. The van der Waals surface area contributed by atoms with Crippen molar-refractivity contribution in [1.82, 2.24) is 4.72 Å². The fourth-order valence-electron chi connectivity index (χ4n) is 1.53. The first-order valence-corrected chi connectivity index (χ1v) is 7.53. The highest BCUT2D eigenvalue weighted by Crippen LogP contribution is 2.14. The molecule has 18 heavy (non-hydrogen) atoms. The van der Waals surface area contributed by atoms with E-state index in [-0.39, 0.29) is 24.7 Å². The van der Waals surface area contributed by atoms with Crippen molar-refractivity contribution >= 4 is 16.0 Å². The van der Waals surface area contributed by atoms with Crippen molar-refractivity contribution in [3.8, 4) is 0 Å². The molecule has 6 nitrogen and oxygen atoms in total. The van der Waals surface area contributed by atoms with Crippen molar-refractivity contribution in [2.75, 3.05) is 12.9 Å². The highest BCUT2D eigenvalue weighted by molar-refractivity contribution is 7.89. The van der Waals surface area contributed by atoms with Gasteiger partial charge in [0, 0.05) is 19.1 Å². The number of methoxy groups -OCH3 is 1. The molecule has 0 bridgehead atoms. The number of carboxylic acid groups (broad SMARTS) is 1. The maximum absolute atomic E-state index is 11.9. The van der Waals surface area contributed by atoms with Gasteiger partial charge < -0.3 is 9.84 Å². The maximum atomic E-state index is 11.9. The van der Waals surface area contributed by atoms with Crippen molar-refractivity contribution in [1.29, 1.82) is 0 Å². The molecule has 0 radical (unpaired) electrons. The van der Waals surface area contributed by atoms with E-state index in [2.05, 4.69) is 4.72 Å². The molecule has 7 heteroatoms. The zero-order chi connectivity index (χ0) is 14.4. The van der Waals surface area contributed by atoms with E-state index in [1.807, 2.05) is 6.92 Å². The van der Waals surface area contributed by atoms with E-state index in [1.54, 1.807) is 13.8 Å². The zero-order valence-electron chi connectivity index (χ0n) is 11.4. The maximum Gasteiger partial charge on any atom is 0.303 e. The summed E-state index contributed by atoms with van der Waals surface area (Å²) in [6.45, 7) is 5.18. The van der Waals surface area contributed by atoms with Crippen molar-refractivity contribution in [3.05, 3.63) is 0 Å². The van der Waals surface area contributed by atoms with Crippen LogP contribution in [0.2, 0.25) is 0 Å². The van der Waals surface area contributed by atoms with Crippen LogP contribution in [0.4, 0.5) is 0 Å². The summed E-state index contributed by atoms with van der Waals surface area (Å²) in [5, 5.41) is 8.60. The first-order chi connectivity index (χ1) is 8.12. The van der Waals surface area contributed by atoms with E-state index in [0.29, 0.717) is 6.42 Å². The molecule has 2 N–H and O–H groups in total. The Balaban J connectivity index is 4.50. The number of sulfonamides is 1. The second-order valence-corrected chi connectivity index (χ2v) is 6.69. The van der Waals surface area contributed by atoms with E-state index >= 15 is 0 Å². The number of hydrogen-bond acceptors (Lipinski definition) is 4. The molecule has 0 spiro atoms. The van der Waals surface area contributed by atoms with Crippen LogP contribution in [0.1, 0.15) is 40.0 Å². The van der Waals surface area contributed by atoms with Crippen LogP contribution in [-0.2, 0) is 19.6 Å². The molecule has 0 saturated heterocycles. The average molecular weight is 281 g/mol. The van der Waals surface area contributed by atoms with Crippen LogP contribution >= 0.6 is 0 Å². The third-order valence-electron chi connectivity index (χ3n) is 2.59. The van der Waals surface area contributed by atoms with E-state index in [4.69, 9.17) is 9.84 Å². The Morgan fingerprint density at radius 3 is 2.39 bits per heavy atom. The molecule has 0 amide bonds. The number of carbonyl (C=O) groups is 1. The van der Waals surface area contributed by atoms with Crippen LogP contribution in [0.15, 0.2) is 0 Å². The standard InChI is InChI=1S/C11H23NO5S/c1-5-9(17-4)8-18(15,16)12-11(2,3)7-6-10(13)14/h9,12H,5-8H2,1-4H3,(H,13,14). The third kappa shape index (κ3) is 7.62. The number of carboxylic acids is 1. The van der Waals surface area contributed by atoms with E-state index in [1.165, 1.54) is 7.11 Å². The van der Waals surface area contributed by atoms with Gasteiger partial charge in [0.05, 0.1) is 11.9 Å². The minimum Gasteiger partial charge on any atom is -0.481 e. The summed E-state index contributed by atoms with van der Waals surface area (Å²) in [5.74, 6) is -1.05. The molecule has 0 heterocycles. The fraction of sp³-hybridized carbons (Fsp3) is 0.909. The lowest BCUT2D eigenvalue weighted by Crippen LogP contribution is -2.46. The average Bonchev–Trinajstić information content (AvgIpc) is 2.22. The van der Waals surface area contributed by atoms with Crippen molar-refractivity contribution in [3.63, 3.8) is 0 Å². The smallest absolute Gasteiger partial charge is 0.303 e. The van der Waals surface area contributed by atoms with Crippen LogP contribution in [0.25, 0.3) is 0 Å². The van der Waals surface area contributed by atoms with Crippen molar-refractivity contribution in [2.45, 2.75) is 51.7 Å². The van der Waals surface area contributed by atoms with E-state index < -0.39 is 21.5 Å². The molecule has 0 aromatic rings. The molecule has 0 aromatic heterocycles. The Labute approximate surface area is 109 Å². The molecular formula is C11H23NO5S. The minimum atomic E-state index is -3.48. The summed E-state index contributed by atoms with van der Waals surface area (Å²) in [6.07, 6.45) is 0.424. The fourth-order valence-corrected chi connectivity index (χ4v) is 3.42. The van der Waals surface area contributed by atoms with Gasteiger partial charge in [-0.3, -0.25) is 4.79 Å². The van der Waals surface area contributed by atoms with Crippen LogP contribution in [-0.4, -0.2) is 44.0 Å². The Kier molecular flexibility index (Phi) is 6.80. The van der Waals surface area contributed by atoms with Gasteiger partial charge in [-0.2, -0.15) is 0 Å². The van der Waals surface area contributed by atoms with Gasteiger partial charge in [-0.25, -0.2) is 13.1 Å². The summed E-state index contributed by atoms with van der Waals surface area (Å²) in [4.78, 5) is 10.5. The summed E-state index contributed by atoms with van der Waals surface area (Å²) in [5.41, 5.74) is -0.775. The van der Waals surface area contributed by atoms with Crippen molar-refractivity contribution < 1.29 is 23.1 Å². The highest BCUT2D eigenvalue weighted by Gasteiger charge is 2.27. The lowest BCUT2D eigenvalue weighted by atomic mass is 10.0. The lowest BCUT2D eigenvalue weighted by Gasteiger charge is -2.26. The van der Waals surface area contributed by atoms with Gasteiger partial charge in [-0.05, 0) is 26.7 Å². The molecule has 1 atom stereocenters. The van der Waals surface area contributed by atoms with Crippen LogP contribution < -0.4 is 4.72 Å². The number of aliphatic carboxylic acids is 1. The molecule has 0 rings (SSSR count). The number of nitrogens with one attached hydrogen (secondary N) is 1. The molecule has 0 aliphatic heterocycles. The minimum absolute atomic E-state index is 0.0724. The summed E-state index contributed by atoms with van der Waals surface area (Å²) in [7, 11) is -2.01. The Hall–Kier alpha value is -0.660. The van der Waals surface area contributed by atoms with Gasteiger partial charge in [-0.1, -0.05) is 6.92 Å². The molecule has 0 aliphatic rings. The summed E-state index contributed by atoms with van der Waals surface area (Å²) < 4.78 is 31.3. The highest BCUT2D eigenvalue weighted by atomic mass is 32.2. The van der Waals surface area contributed by atoms with Gasteiger partial charge in [0.2, 0.25) is 10.0 Å². The lowest BCUT2D eigenvalue weighted by molar-refractivity contribution is -0.137. The predicted octanol–water partition coefficient (Wildman–Crippen LogP) is 0.974. The largest absolute Gasteiger partial charge is 0.481 e. The molecule has 0 fully saturated rings. The van der Waals surface area contributed by atoms with Crippen molar-refractivity contribution in [2.24, 2.45) is 0 Å². The van der Waals surface area contributed by atoms with E-state index in [0.717, 1.165) is 0 Å². The summed E-state index contributed by atoms with van der Waals surface area (Å²) >= 11 is 0. The van der Waals surface area contributed by atoms with Gasteiger partial charge in [0.15, 0.2) is 0 Å². The number of rotatable bonds is 9. The SMILES string of the molecule is CCC(CS(=O)(=O)NC(C)(C)CCC(=O)O)OC. The Morgan fingerprint density at radius 2 is 2.00 bits per heavy atom. The molecule has 0 aliphatic carbocycles.